The van der Waals surface area contributed by atoms with E-state index in [0.717, 1.165) is 0 Å². The van der Waals surface area contributed by atoms with Gasteiger partial charge in [0.2, 0.25) is 11.8 Å². The Balaban J connectivity index is 1.68. The molecule has 4 amide bonds. The fourth-order valence-corrected chi connectivity index (χ4v) is 2.59. The van der Waals surface area contributed by atoms with E-state index in [1.165, 1.54) is 14.2 Å². The number of hydrogen-bond donors (Lipinski definition) is 4. The van der Waals surface area contributed by atoms with Crippen molar-refractivity contribution in [3.05, 3.63) is 59.7 Å². The number of methoxy groups -OCH3 is 2. The molecule has 10 heteroatoms. The standard InChI is InChI=1S/C21H24N4O6/c1-30-16-10-5-3-8-14(16)20(28)24-22-18(26)12-7-13-19(27)23-25-21(29)15-9-4-6-11-17(15)31-2/h3-6,8-11H,7,12-13H2,1-2H3,(H,22,26)(H,23,27)(H,24,28)(H,25,29). The summed E-state index contributed by atoms with van der Waals surface area (Å²) in [7, 11) is 2.88. The number of amides is 4. The minimum atomic E-state index is -0.525. The summed E-state index contributed by atoms with van der Waals surface area (Å²) < 4.78 is 10.2. The molecule has 2 aromatic carbocycles. The third kappa shape index (κ3) is 7.03. The van der Waals surface area contributed by atoms with Crippen molar-refractivity contribution >= 4 is 23.6 Å². The number of rotatable bonds is 8. The van der Waals surface area contributed by atoms with E-state index < -0.39 is 23.6 Å². The van der Waals surface area contributed by atoms with Crippen molar-refractivity contribution in [3.8, 4) is 11.5 Å². The number of ether oxygens (including phenoxy) is 2. The monoisotopic (exact) mass is 428 g/mol. The molecule has 4 N–H and O–H groups in total. The Bertz CT molecular complexity index is 871. The molecule has 0 saturated heterocycles. The molecule has 2 rings (SSSR count). The van der Waals surface area contributed by atoms with E-state index in [9.17, 15) is 19.2 Å². The molecule has 0 atom stereocenters. The van der Waals surface area contributed by atoms with Gasteiger partial charge in [-0.25, -0.2) is 0 Å². The third-order valence-corrected chi connectivity index (χ3v) is 4.14. The summed E-state index contributed by atoms with van der Waals surface area (Å²) in [5.41, 5.74) is 9.69. The van der Waals surface area contributed by atoms with Crippen molar-refractivity contribution in [2.24, 2.45) is 0 Å². The van der Waals surface area contributed by atoms with Crippen LogP contribution in [-0.4, -0.2) is 37.8 Å². The SMILES string of the molecule is COc1ccccc1C(=O)NNC(=O)CCCC(=O)NNC(=O)c1ccccc1OC. The van der Waals surface area contributed by atoms with Gasteiger partial charge in [0.25, 0.3) is 11.8 Å². The number of hydrogen-bond acceptors (Lipinski definition) is 6. The van der Waals surface area contributed by atoms with Gasteiger partial charge in [-0.15, -0.1) is 0 Å². The summed E-state index contributed by atoms with van der Waals surface area (Å²) >= 11 is 0. The normalized spacial score (nSPS) is 9.87. The predicted molar refractivity (Wildman–Crippen MR) is 111 cm³/mol. The highest BCUT2D eigenvalue weighted by atomic mass is 16.5. The molecule has 0 aliphatic rings. The van der Waals surface area contributed by atoms with Crippen LogP contribution in [0.4, 0.5) is 0 Å². The molecule has 0 aromatic heterocycles. The number of carbonyl (C=O) groups is 4. The van der Waals surface area contributed by atoms with Crippen molar-refractivity contribution in [2.45, 2.75) is 19.3 Å². The Labute approximate surface area is 179 Å². The maximum absolute atomic E-state index is 12.1. The molecule has 0 saturated carbocycles. The van der Waals surface area contributed by atoms with Crippen LogP contribution in [0.15, 0.2) is 48.5 Å². The summed E-state index contributed by atoms with van der Waals surface area (Å²) in [5.74, 6) is -1.23. The van der Waals surface area contributed by atoms with E-state index in [2.05, 4.69) is 21.7 Å². The third-order valence-electron chi connectivity index (χ3n) is 4.14. The van der Waals surface area contributed by atoms with Crippen LogP contribution in [0.1, 0.15) is 40.0 Å². The summed E-state index contributed by atoms with van der Waals surface area (Å²) in [4.78, 5) is 47.9. The summed E-state index contributed by atoms with van der Waals surface area (Å²) in [6.45, 7) is 0. The van der Waals surface area contributed by atoms with Crippen LogP contribution in [0.3, 0.4) is 0 Å². The molecule has 0 aliphatic carbocycles. The van der Waals surface area contributed by atoms with Gasteiger partial charge in [0, 0.05) is 12.8 Å². The zero-order chi connectivity index (χ0) is 22.6. The lowest BCUT2D eigenvalue weighted by molar-refractivity contribution is -0.123. The van der Waals surface area contributed by atoms with Gasteiger partial charge in [-0.2, -0.15) is 0 Å². The van der Waals surface area contributed by atoms with E-state index in [0.29, 0.717) is 11.5 Å². The largest absolute Gasteiger partial charge is 0.496 e. The molecule has 0 fully saturated rings. The Hall–Kier alpha value is -4.08. The molecule has 0 heterocycles. The van der Waals surface area contributed by atoms with E-state index in [4.69, 9.17) is 9.47 Å². The van der Waals surface area contributed by atoms with Crippen LogP contribution in [0, 0.1) is 0 Å². The van der Waals surface area contributed by atoms with Gasteiger partial charge in [-0.3, -0.25) is 40.9 Å². The summed E-state index contributed by atoms with van der Waals surface area (Å²) in [6.07, 6.45) is 0.215. The first-order valence-electron chi connectivity index (χ1n) is 9.40. The number of benzene rings is 2. The highest BCUT2D eigenvalue weighted by Gasteiger charge is 2.14. The number of para-hydroxylation sites is 2. The molecule has 2 aromatic rings. The second-order valence-corrected chi connectivity index (χ2v) is 6.26. The zero-order valence-electron chi connectivity index (χ0n) is 17.2. The second-order valence-electron chi connectivity index (χ2n) is 6.26. The first-order valence-corrected chi connectivity index (χ1v) is 9.40. The highest BCUT2D eigenvalue weighted by molar-refractivity contribution is 5.98. The Morgan fingerprint density at radius 2 is 1.03 bits per heavy atom. The molecular formula is C21H24N4O6. The van der Waals surface area contributed by atoms with Crippen molar-refractivity contribution in [2.75, 3.05) is 14.2 Å². The smallest absolute Gasteiger partial charge is 0.273 e. The Morgan fingerprint density at radius 3 is 1.42 bits per heavy atom. The van der Waals surface area contributed by atoms with E-state index in [1.807, 2.05) is 0 Å². The molecule has 31 heavy (non-hydrogen) atoms. The zero-order valence-corrected chi connectivity index (χ0v) is 17.2. The number of hydrazine groups is 2. The van der Waals surface area contributed by atoms with Gasteiger partial charge in [-0.1, -0.05) is 24.3 Å². The van der Waals surface area contributed by atoms with Crippen molar-refractivity contribution in [1.82, 2.24) is 21.7 Å². The molecule has 164 valence electrons. The molecule has 0 spiro atoms. The lowest BCUT2D eigenvalue weighted by Gasteiger charge is -2.11. The Morgan fingerprint density at radius 1 is 0.645 bits per heavy atom. The average Bonchev–Trinajstić information content (AvgIpc) is 2.80. The number of nitrogens with one attached hydrogen (secondary N) is 4. The van der Waals surface area contributed by atoms with E-state index >= 15 is 0 Å². The van der Waals surface area contributed by atoms with Crippen LogP contribution in [-0.2, 0) is 9.59 Å². The van der Waals surface area contributed by atoms with Crippen LogP contribution in [0.5, 0.6) is 11.5 Å². The average molecular weight is 428 g/mol. The maximum atomic E-state index is 12.1. The minimum absolute atomic E-state index is 0.0000785. The van der Waals surface area contributed by atoms with E-state index in [1.54, 1.807) is 48.5 Å². The topological polar surface area (TPSA) is 135 Å². The van der Waals surface area contributed by atoms with Crippen molar-refractivity contribution in [3.63, 3.8) is 0 Å². The quantitative estimate of drug-likeness (QED) is 0.465. The minimum Gasteiger partial charge on any atom is -0.496 e. The van der Waals surface area contributed by atoms with E-state index in [-0.39, 0.29) is 30.4 Å². The van der Waals surface area contributed by atoms with Crippen LogP contribution < -0.4 is 31.2 Å². The molecule has 10 nitrogen and oxygen atoms in total. The molecule has 0 bridgehead atoms. The molecule has 0 unspecified atom stereocenters. The van der Waals surface area contributed by atoms with Gasteiger partial charge in [-0.05, 0) is 30.7 Å². The van der Waals surface area contributed by atoms with Crippen LogP contribution >= 0.6 is 0 Å². The lowest BCUT2D eigenvalue weighted by Crippen LogP contribution is -2.42. The summed E-state index contributed by atoms with van der Waals surface area (Å²) in [5, 5.41) is 0. The summed E-state index contributed by atoms with van der Waals surface area (Å²) in [6, 6.07) is 13.2. The predicted octanol–water partition coefficient (Wildman–Crippen LogP) is 1.10. The van der Waals surface area contributed by atoms with Crippen molar-refractivity contribution < 1.29 is 28.7 Å². The van der Waals surface area contributed by atoms with Gasteiger partial charge < -0.3 is 9.47 Å². The van der Waals surface area contributed by atoms with Crippen LogP contribution in [0.25, 0.3) is 0 Å². The first-order chi connectivity index (χ1) is 15.0. The number of carbonyl (C=O) groups excluding carboxylic acids is 4. The van der Waals surface area contributed by atoms with Gasteiger partial charge in [0.05, 0.1) is 25.3 Å². The Kier molecular flexibility index (Phi) is 8.84. The highest BCUT2D eigenvalue weighted by Crippen LogP contribution is 2.17. The first kappa shape index (κ1) is 23.2. The van der Waals surface area contributed by atoms with Crippen LogP contribution in [0.2, 0.25) is 0 Å². The fraction of sp³-hybridized carbons (Fsp3) is 0.238. The van der Waals surface area contributed by atoms with Crippen molar-refractivity contribution in [1.29, 1.82) is 0 Å². The maximum Gasteiger partial charge on any atom is 0.273 e. The second kappa shape index (κ2) is 11.8. The van der Waals surface area contributed by atoms with Gasteiger partial charge >= 0.3 is 0 Å². The lowest BCUT2D eigenvalue weighted by atomic mass is 10.2. The van der Waals surface area contributed by atoms with Gasteiger partial charge in [0.1, 0.15) is 11.5 Å². The fourth-order valence-electron chi connectivity index (χ4n) is 2.59. The molecular weight excluding hydrogens is 404 g/mol. The molecule has 0 aliphatic heterocycles. The van der Waals surface area contributed by atoms with Gasteiger partial charge in [0.15, 0.2) is 0 Å². The molecule has 0 radical (unpaired) electrons.